The van der Waals surface area contributed by atoms with Gasteiger partial charge in [-0.15, -0.1) is 0 Å². The SMILES string of the molecule is COC(=O)c1cccc(C(=O)NCCNC(=O)c2ccc(Cl)c(Cl)c2)c1. The van der Waals surface area contributed by atoms with E-state index >= 15 is 0 Å². The fourth-order valence-electron chi connectivity index (χ4n) is 2.10. The Morgan fingerprint density at radius 3 is 2.00 bits per heavy atom. The molecular formula is C18H16Cl2N2O4. The van der Waals surface area contributed by atoms with Crippen LogP contribution >= 0.6 is 23.2 Å². The van der Waals surface area contributed by atoms with Crippen molar-refractivity contribution in [3.8, 4) is 0 Å². The first-order valence-corrected chi connectivity index (χ1v) is 8.38. The zero-order valence-electron chi connectivity index (χ0n) is 13.8. The zero-order valence-corrected chi connectivity index (χ0v) is 15.4. The number of esters is 1. The highest BCUT2D eigenvalue weighted by Gasteiger charge is 2.11. The predicted octanol–water partition coefficient (Wildman–Crippen LogP) is 2.94. The zero-order chi connectivity index (χ0) is 19.1. The first-order valence-electron chi connectivity index (χ1n) is 7.62. The molecule has 0 aliphatic carbocycles. The number of hydrogen-bond donors (Lipinski definition) is 2. The van der Waals surface area contributed by atoms with E-state index in [4.69, 9.17) is 23.2 Å². The molecule has 2 N–H and O–H groups in total. The molecule has 2 aromatic carbocycles. The first-order chi connectivity index (χ1) is 12.4. The summed E-state index contributed by atoms with van der Waals surface area (Å²) >= 11 is 11.7. The molecule has 0 atom stereocenters. The molecule has 2 amide bonds. The van der Waals surface area contributed by atoms with Crippen molar-refractivity contribution in [2.24, 2.45) is 0 Å². The fourth-order valence-corrected chi connectivity index (χ4v) is 2.40. The van der Waals surface area contributed by atoms with E-state index in [1.165, 1.54) is 25.3 Å². The Kier molecular flexibility index (Phi) is 7.00. The van der Waals surface area contributed by atoms with E-state index < -0.39 is 5.97 Å². The van der Waals surface area contributed by atoms with Crippen LogP contribution < -0.4 is 10.6 Å². The summed E-state index contributed by atoms with van der Waals surface area (Å²) in [6.45, 7) is 0.440. The second-order valence-electron chi connectivity index (χ2n) is 5.21. The van der Waals surface area contributed by atoms with Gasteiger partial charge in [0, 0.05) is 24.2 Å². The van der Waals surface area contributed by atoms with Crippen LogP contribution in [0.2, 0.25) is 10.0 Å². The van der Waals surface area contributed by atoms with E-state index in [1.54, 1.807) is 24.3 Å². The van der Waals surface area contributed by atoms with Gasteiger partial charge < -0.3 is 15.4 Å². The first kappa shape index (κ1) is 19.8. The molecule has 8 heteroatoms. The quantitative estimate of drug-likeness (QED) is 0.582. The minimum atomic E-state index is -0.520. The Bertz CT molecular complexity index is 840. The summed E-state index contributed by atoms with van der Waals surface area (Å²) in [5, 5.41) is 5.97. The number of methoxy groups -OCH3 is 1. The van der Waals surface area contributed by atoms with Crippen LogP contribution in [0.25, 0.3) is 0 Å². The number of hydrogen-bond acceptors (Lipinski definition) is 4. The van der Waals surface area contributed by atoms with Crippen molar-refractivity contribution in [1.29, 1.82) is 0 Å². The van der Waals surface area contributed by atoms with Crippen molar-refractivity contribution < 1.29 is 19.1 Å². The van der Waals surface area contributed by atoms with E-state index in [-0.39, 0.29) is 35.5 Å². The van der Waals surface area contributed by atoms with E-state index in [0.29, 0.717) is 16.1 Å². The van der Waals surface area contributed by atoms with Gasteiger partial charge in [0.2, 0.25) is 0 Å². The lowest BCUT2D eigenvalue weighted by atomic mass is 10.1. The summed E-state index contributed by atoms with van der Waals surface area (Å²) < 4.78 is 4.62. The topological polar surface area (TPSA) is 84.5 Å². The molecule has 0 saturated heterocycles. The number of benzene rings is 2. The Morgan fingerprint density at radius 1 is 0.846 bits per heavy atom. The lowest BCUT2D eigenvalue weighted by Gasteiger charge is -2.08. The third-order valence-corrected chi connectivity index (χ3v) is 4.16. The number of halogens is 2. The van der Waals surface area contributed by atoms with E-state index in [1.807, 2.05) is 0 Å². The summed E-state index contributed by atoms with van der Waals surface area (Å²) in [6, 6.07) is 10.7. The molecule has 0 aliphatic heterocycles. The van der Waals surface area contributed by atoms with Crippen molar-refractivity contribution in [3.63, 3.8) is 0 Å². The van der Waals surface area contributed by atoms with Gasteiger partial charge >= 0.3 is 5.97 Å². The molecule has 0 unspecified atom stereocenters. The Balaban J connectivity index is 1.84. The average Bonchev–Trinajstić information content (AvgIpc) is 2.66. The molecule has 2 aromatic rings. The molecule has 0 heterocycles. The molecule has 0 aliphatic rings. The Labute approximate surface area is 160 Å². The monoisotopic (exact) mass is 394 g/mol. The summed E-state index contributed by atoms with van der Waals surface area (Å²) in [5.74, 6) is -1.21. The van der Waals surface area contributed by atoms with Crippen molar-refractivity contribution in [3.05, 3.63) is 69.2 Å². The number of ether oxygens (including phenoxy) is 1. The van der Waals surface area contributed by atoms with Gasteiger partial charge in [-0.1, -0.05) is 29.3 Å². The van der Waals surface area contributed by atoms with Crippen LogP contribution in [0.1, 0.15) is 31.1 Å². The maximum atomic E-state index is 12.1. The highest BCUT2D eigenvalue weighted by Crippen LogP contribution is 2.22. The van der Waals surface area contributed by atoms with Gasteiger partial charge in [0.1, 0.15) is 0 Å². The second kappa shape index (κ2) is 9.22. The maximum Gasteiger partial charge on any atom is 0.337 e. The standard InChI is InChI=1S/C18H16Cl2N2O4/c1-26-18(25)13-4-2-3-11(9-13)16(23)21-7-8-22-17(24)12-5-6-14(19)15(20)10-12/h2-6,9-10H,7-8H2,1H3,(H,21,23)(H,22,24). The van der Waals surface area contributed by atoms with Crippen molar-refractivity contribution in [2.75, 3.05) is 20.2 Å². The van der Waals surface area contributed by atoms with E-state index in [2.05, 4.69) is 15.4 Å². The van der Waals surface area contributed by atoms with Crippen LogP contribution in [0.5, 0.6) is 0 Å². The third kappa shape index (κ3) is 5.21. The molecule has 0 radical (unpaired) electrons. The maximum absolute atomic E-state index is 12.1. The van der Waals surface area contributed by atoms with E-state index in [9.17, 15) is 14.4 Å². The number of amides is 2. The smallest absolute Gasteiger partial charge is 0.337 e. The van der Waals surface area contributed by atoms with Gasteiger partial charge in [-0.05, 0) is 36.4 Å². The predicted molar refractivity (Wildman–Crippen MR) is 98.9 cm³/mol. The third-order valence-electron chi connectivity index (χ3n) is 3.42. The largest absolute Gasteiger partial charge is 0.465 e. The summed E-state index contributed by atoms with van der Waals surface area (Å²) in [6.07, 6.45) is 0. The van der Waals surface area contributed by atoms with Crippen molar-refractivity contribution in [2.45, 2.75) is 0 Å². The van der Waals surface area contributed by atoms with Gasteiger partial charge in [0.15, 0.2) is 0 Å². The summed E-state index contributed by atoms with van der Waals surface area (Å²) in [5.41, 5.74) is 0.980. The number of carbonyl (C=O) groups excluding carboxylic acids is 3. The molecule has 0 aromatic heterocycles. The van der Waals surface area contributed by atoms with Gasteiger partial charge in [-0.2, -0.15) is 0 Å². The normalized spacial score (nSPS) is 10.1. The molecule has 0 fully saturated rings. The van der Waals surface area contributed by atoms with Crippen LogP contribution in [-0.4, -0.2) is 38.0 Å². The number of carbonyl (C=O) groups is 3. The molecule has 6 nitrogen and oxygen atoms in total. The highest BCUT2D eigenvalue weighted by atomic mass is 35.5. The second-order valence-corrected chi connectivity index (χ2v) is 6.03. The van der Waals surface area contributed by atoms with Crippen LogP contribution in [0, 0.1) is 0 Å². The molecule has 26 heavy (non-hydrogen) atoms. The summed E-state index contributed by atoms with van der Waals surface area (Å²) in [7, 11) is 1.27. The van der Waals surface area contributed by atoms with Crippen molar-refractivity contribution in [1.82, 2.24) is 10.6 Å². The number of nitrogens with one attached hydrogen (secondary N) is 2. The Morgan fingerprint density at radius 2 is 1.42 bits per heavy atom. The fraction of sp³-hybridized carbons (Fsp3) is 0.167. The molecule has 136 valence electrons. The Hall–Kier alpha value is -2.57. The van der Waals surface area contributed by atoms with Crippen LogP contribution in [-0.2, 0) is 4.74 Å². The van der Waals surface area contributed by atoms with Gasteiger partial charge in [-0.3, -0.25) is 9.59 Å². The summed E-state index contributed by atoms with van der Waals surface area (Å²) in [4.78, 5) is 35.6. The van der Waals surface area contributed by atoms with Crippen LogP contribution in [0.15, 0.2) is 42.5 Å². The lowest BCUT2D eigenvalue weighted by molar-refractivity contribution is 0.0600. The molecule has 0 bridgehead atoms. The van der Waals surface area contributed by atoms with Gasteiger partial charge in [0.25, 0.3) is 11.8 Å². The highest BCUT2D eigenvalue weighted by molar-refractivity contribution is 6.42. The molecule has 2 rings (SSSR count). The molecular weight excluding hydrogens is 379 g/mol. The van der Waals surface area contributed by atoms with Gasteiger partial charge in [0.05, 0.1) is 22.7 Å². The average molecular weight is 395 g/mol. The minimum absolute atomic E-state index is 0.217. The van der Waals surface area contributed by atoms with Gasteiger partial charge in [-0.25, -0.2) is 4.79 Å². The number of rotatable bonds is 6. The van der Waals surface area contributed by atoms with Crippen LogP contribution in [0.3, 0.4) is 0 Å². The molecule has 0 spiro atoms. The lowest BCUT2D eigenvalue weighted by Crippen LogP contribution is -2.34. The molecule has 0 saturated carbocycles. The minimum Gasteiger partial charge on any atom is -0.465 e. The van der Waals surface area contributed by atoms with E-state index in [0.717, 1.165) is 0 Å². The van der Waals surface area contributed by atoms with Crippen LogP contribution in [0.4, 0.5) is 0 Å². The van der Waals surface area contributed by atoms with Crippen molar-refractivity contribution >= 4 is 41.0 Å².